The molecule has 0 aliphatic carbocycles. The summed E-state index contributed by atoms with van der Waals surface area (Å²) in [5, 5.41) is 17.0. The number of aliphatic carboxylic acids is 2. The smallest absolute Gasteiger partial charge is 0.309 e. The van der Waals surface area contributed by atoms with Crippen molar-refractivity contribution >= 4 is 17.6 Å². The van der Waals surface area contributed by atoms with Gasteiger partial charge in [0.1, 0.15) is 5.69 Å². The van der Waals surface area contributed by atoms with Crippen molar-refractivity contribution in [3.8, 4) is 0 Å². The van der Waals surface area contributed by atoms with Crippen LogP contribution in [-0.2, 0) is 9.59 Å². The highest BCUT2D eigenvalue weighted by atomic mass is 16.4. The lowest BCUT2D eigenvalue weighted by atomic mass is 10.3. The van der Waals surface area contributed by atoms with Crippen LogP contribution in [0.25, 0.3) is 0 Å². The Morgan fingerprint density at radius 3 is 2.21 bits per heavy atom. The topological polar surface area (TPSA) is 90.3 Å². The van der Waals surface area contributed by atoms with Crippen LogP contribution < -0.4 is 9.59 Å². The van der Waals surface area contributed by atoms with Crippen LogP contribution in [0.2, 0.25) is 0 Å². The van der Waals surface area contributed by atoms with Gasteiger partial charge in [-0.2, -0.15) is 0 Å². The quantitative estimate of drug-likeness (QED) is 0.615. The lowest BCUT2D eigenvalue weighted by Gasteiger charge is -2.28. The number of quaternary nitrogens is 1. The first kappa shape index (κ1) is 15.1. The van der Waals surface area contributed by atoms with E-state index in [4.69, 9.17) is 5.11 Å². The maximum atomic E-state index is 9.39. The van der Waals surface area contributed by atoms with Crippen LogP contribution in [0.15, 0.2) is 24.5 Å². The van der Waals surface area contributed by atoms with Crippen LogP contribution in [-0.4, -0.2) is 42.2 Å². The second-order valence-corrected chi connectivity index (χ2v) is 4.70. The lowest BCUT2D eigenvalue weighted by Crippen LogP contribution is -2.41. The van der Waals surface area contributed by atoms with Gasteiger partial charge in [0.2, 0.25) is 0 Å². The second-order valence-electron chi connectivity index (χ2n) is 4.70. The molecule has 0 atom stereocenters. The molecule has 2 heterocycles. The van der Waals surface area contributed by atoms with Crippen LogP contribution in [0, 0.1) is 0 Å². The molecule has 1 aliphatic heterocycles. The predicted molar refractivity (Wildman–Crippen MR) is 68.2 cm³/mol. The number of carbonyl (C=O) groups excluding carboxylic acids is 1. The third-order valence-electron chi connectivity index (χ3n) is 3.13. The molecule has 1 N–H and O–H groups in total. The van der Waals surface area contributed by atoms with Crippen LogP contribution in [0.1, 0.15) is 19.3 Å². The number of carbonyl (C=O) groups is 2. The van der Waals surface area contributed by atoms with E-state index in [1.165, 1.54) is 31.6 Å². The number of carboxylic acid groups (broad SMARTS) is 2. The summed E-state index contributed by atoms with van der Waals surface area (Å²) in [7, 11) is 2.31. The Labute approximate surface area is 111 Å². The van der Waals surface area contributed by atoms with Crippen LogP contribution in [0.3, 0.4) is 0 Å². The van der Waals surface area contributed by atoms with Gasteiger partial charge in [-0.05, 0) is 0 Å². The monoisotopic (exact) mass is 266 g/mol. The molecular weight excluding hydrogens is 248 g/mol. The van der Waals surface area contributed by atoms with E-state index in [1.54, 1.807) is 0 Å². The molecule has 6 heteroatoms. The fourth-order valence-corrected chi connectivity index (χ4v) is 2.12. The molecule has 0 unspecified atom stereocenters. The van der Waals surface area contributed by atoms with Gasteiger partial charge in [-0.25, -0.2) is 0 Å². The van der Waals surface area contributed by atoms with Gasteiger partial charge < -0.3 is 15.0 Å². The first-order chi connectivity index (χ1) is 8.94. The molecule has 1 aromatic rings. The molecule has 1 fully saturated rings. The van der Waals surface area contributed by atoms with Crippen molar-refractivity contribution in [2.75, 3.05) is 20.1 Å². The Morgan fingerprint density at radius 2 is 1.84 bits per heavy atom. The normalized spacial score (nSPS) is 16.3. The first-order valence-corrected chi connectivity index (χ1v) is 6.11. The van der Waals surface area contributed by atoms with Gasteiger partial charge in [0, 0.05) is 37.4 Å². The molecule has 1 aliphatic rings. The molecule has 0 radical (unpaired) electrons. The Hall–Kier alpha value is -1.95. The van der Waals surface area contributed by atoms with Gasteiger partial charge >= 0.3 is 5.97 Å². The van der Waals surface area contributed by atoms with Crippen molar-refractivity contribution in [3.63, 3.8) is 0 Å². The summed E-state index contributed by atoms with van der Waals surface area (Å²) in [6.07, 6.45) is 5.58. The van der Waals surface area contributed by atoms with Crippen molar-refractivity contribution in [2.24, 2.45) is 0 Å². The zero-order chi connectivity index (χ0) is 14.3. The number of pyridine rings is 1. The van der Waals surface area contributed by atoms with E-state index in [9.17, 15) is 14.7 Å². The van der Waals surface area contributed by atoms with E-state index in [0.717, 1.165) is 4.48 Å². The fourth-order valence-electron chi connectivity index (χ4n) is 2.12. The number of rotatable bonds is 3. The standard InChI is InChI=1S/C10H15N2.C3H4O4/c1-12(8-2-3-9-12)10-4-6-11-7-5-10;4-2(5)1-3(6)7/h4-7H,2-3,8-9H2,1H3;1H2,(H,4,5)(H,6,7)/q+1;/p-1. The molecule has 104 valence electrons. The van der Waals surface area contributed by atoms with Crippen LogP contribution >= 0.6 is 0 Å². The predicted octanol–water partition coefficient (Wildman–Crippen LogP) is 0.0235. The third-order valence-corrected chi connectivity index (χ3v) is 3.13. The summed E-state index contributed by atoms with van der Waals surface area (Å²) < 4.78 is 1.10. The number of nitrogens with zero attached hydrogens (tertiary/aromatic N) is 2. The maximum Gasteiger partial charge on any atom is 0.309 e. The summed E-state index contributed by atoms with van der Waals surface area (Å²) in [5.74, 6) is -2.94. The Balaban J connectivity index is 0.000000224. The second kappa shape index (κ2) is 6.84. The third kappa shape index (κ3) is 5.05. The molecule has 0 spiro atoms. The number of likely N-dealkylation sites (tertiary alicyclic amines) is 1. The molecule has 0 bridgehead atoms. The van der Waals surface area contributed by atoms with E-state index in [0.29, 0.717) is 0 Å². The minimum Gasteiger partial charge on any atom is -0.550 e. The molecule has 19 heavy (non-hydrogen) atoms. The molecule has 0 amide bonds. The summed E-state index contributed by atoms with van der Waals surface area (Å²) >= 11 is 0. The zero-order valence-corrected chi connectivity index (χ0v) is 10.9. The van der Waals surface area contributed by atoms with Gasteiger partial charge in [0.25, 0.3) is 0 Å². The van der Waals surface area contributed by atoms with Crippen molar-refractivity contribution in [1.29, 1.82) is 0 Å². The van der Waals surface area contributed by atoms with E-state index >= 15 is 0 Å². The van der Waals surface area contributed by atoms with Crippen molar-refractivity contribution in [3.05, 3.63) is 24.5 Å². The number of hydrogen-bond acceptors (Lipinski definition) is 4. The molecule has 6 nitrogen and oxygen atoms in total. The average Bonchev–Trinajstić information content (AvgIpc) is 2.78. The fraction of sp³-hybridized carbons (Fsp3) is 0.462. The van der Waals surface area contributed by atoms with E-state index in [2.05, 4.69) is 24.2 Å². The Bertz CT molecular complexity index is 416. The Kier molecular flexibility index (Phi) is 5.44. The first-order valence-electron chi connectivity index (χ1n) is 6.11. The van der Waals surface area contributed by atoms with Gasteiger partial charge in [-0.15, -0.1) is 0 Å². The largest absolute Gasteiger partial charge is 0.550 e. The van der Waals surface area contributed by atoms with E-state index in [-0.39, 0.29) is 0 Å². The SMILES string of the molecule is C[N+]1(c2ccncc2)CCCC1.O=C([O-])CC(=O)O. The molecule has 2 rings (SSSR count). The highest BCUT2D eigenvalue weighted by Crippen LogP contribution is 2.25. The van der Waals surface area contributed by atoms with E-state index in [1.807, 2.05) is 12.4 Å². The van der Waals surface area contributed by atoms with Gasteiger partial charge in [-0.3, -0.25) is 14.3 Å². The lowest BCUT2D eigenvalue weighted by molar-refractivity contribution is -0.305. The van der Waals surface area contributed by atoms with Crippen molar-refractivity contribution in [1.82, 2.24) is 9.47 Å². The Morgan fingerprint density at radius 1 is 1.32 bits per heavy atom. The molecule has 0 aromatic carbocycles. The minimum atomic E-state index is -1.56. The zero-order valence-electron chi connectivity index (χ0n) is 10.9. The summed E-state index contributed by atoms with van der Waals surface area (Å²) in [6, 6.07) is 4.26. The maximum absolute atomic E-state index is 9.39. The number of carboxylic acids is 2. The van der Waals surface area contributed by atoms with E-state index < -0.39 is 18.4 Å². The highest BCUT2D eigenvalue weighted by molar-refractivity contribution is 5.87. The summed E-state index contributed by atoms with van der Waals surface area (Å²) in [4.78, 5) is 22.7. The van der Waals surface area contributed by atoms with Gasteiger partial charge in [0.15, 0.2) is 0 Å². The van der Waals surface area contributed by atoms with Gasteiger partial charge in [0.05, 0.1) is 32.5 Å². The number of hydrogen-bond donors (Lipinski definition) is 1. The highest BCUT2D eigenvalue weighted by Gasteiger charge is 2.28. The summed E-state index contributed by atoms with van der Waals surface area (Å²) in [5.41, 5.74) is 1.41. The summed E-state index contributed by atoms with van der Waals surface area (Å²) in [6.45, 7) is 2.56. The van der Waals surface area contributed by atoms with Crippen LogP contribution in [0.4, 0.5) is 5.69 Å². The minimum absolute atomic E-state index is 0.917. The molecular formula is C13H18N2O4. The molecule has 1 saturated heterocycles. The van der Waals surface area contributed by atoms with Gasteiger partial charge in [-0.1, -0.05) is 0 Å². The molecule has 0 saturated carbocycles. The van der Waals surface area contributed by atoms with Crippen molar-refractivity contribution < 1.29 is 19.8 Å². The number of aromatic nitrogens is 1. The average molecular weight is 266 g/mol. The molecule has 1 aromatic heterocycles. The van der Waals surface area contributed by atoms with Crippen LogP contribution in [0.5, 0.6) is 0 Å². The van der Waals surface area contributed by atoms with Crippen molar-refractivity contribution in [2.45, 2.75) is 19.3 Å².